The number of nitrogens with one attached hydrogen (secondary N) is 2. The smallest absolute Gasteiger partial charge is 0.315 e. The Bertz CT molecular complexity index is 841. The number of hydrogen-bond acceptors (Lipinski definition) is 3. The number of nitrogens with zero attached hydrogens (tertiary/aromatic N) is 1. The molecule has 25 heavy (non-hydrogen) atoms. The van der Waals surface area contributed by atoms with E-state index in [0.717, 1.165) is 26.7 Å². The summed E-state index contributed by atoms with van der Waals surface area (Å²) in [5.74, 6) is 0. The van der Waals surface area contributed by atoms with Crippen LogP contribution in [-0.2, 0) is 13.1 Å². The summed E-state index contributed by atoms with van der Waals surface area (Å²) in [6.45, 7) is 5.02. The Balaban J connectivity index is 1.53. The minimum Gasteiger partial charge on any atom is -0.334 e. The van der Waals surface area contributed by atoms with Crippen LogP contribution in [-0.4, -0.2) is 11.0 Å². The van der Waals surface area contributed by atoms with Gasteiger partial charge in [0.2, 0.25) is 0 Å². The number of aryl methyl sites for hydroxylation is 2. The standard InChI is InChI=1S/C20H21N3OS/c1-14-8-10-16(11-9-14)12-21-20(24)22-13-18-15(2)23-19(25-18)17-6-4-3-5-7-17/h3-11H,12-13H2,1-2H3,(H2,21,22,24). The van der Waals surface area contributed by atoms with E-state index in [1.165, 1.54) is 5.56 Å². The summed E-state index contributed by atoms with van der Waals surface area (Å²) < 4.78 is 0. The van der Waals surface area contributed by atoms with Crippen LogP contribution in [0.2, 0.25) is 0 Å². The molecule has 0 atom stereocenters. The fraction of sp³-hybridized carbons (Fsp3) is 0.200. The fourth-order valence-electron chi connectivity index (χ4n) is 2.41. The van der Waals surface area contributed by atoms with Crippen molar-refractivity contribution in [3.8, 4) is 10.6 Å². The highest BCUT2D eigenvalue weighted by Gasteiger charge is 2.10. The monoisotopic (exact) mass is 351 g/mol. The molecule has 0 aliphatic carbocycles. The molecule has 0 fully saturated rings. The predicted octanol–water partition coefficient (Wildman–Crippen LogP) is 4.43. The van der Waals surface area contributed by atoms with Gasteiger partial charge in [0.1, 0.15) is 5.01 Å². The SMILES string of the molecule is Cc1ccc(CNC(=O)NCc2sc(-c3ccccc3)nc2C)cc1. The first-order valence-electron chi connectivity index (χ1n) is 8.21. The van der Waals surface area contributed by atoms with Crippen LogP contribution in [0.1, 0.15) is 21.7 Å². The molecule has 5 heteroatoms. The van der Waals surface area contributed by atoms with Crippen LogP contribution in [0.25, 0.3) is 10.6 Å². The van der Waals surface area contributed by atoms with Crippen molar-refractivity contribution < 1.29 is 4.79 Å². The number of hydrogen-bond donors (Lipinski definition) is 2. The summed E-state index contributed by atoms with van der Waals surface area (Å²) in [7, 11) is 0. The highest BCUT2D eigenvalue weighted by molar-refractivity contribution is 7.15. The Kier molecular flexibility index (Phi) is 5.46. The molecule has 0 spiro atoms. The minimum absolute atomic E-state index is 0.172. The molecule has 2 aromatic carbocycles. The molecule has 2 amide bonds. The molecule has 0 saturated heterocycles. The fourth-order valence-corrected chi connectivity index (χ4v) is 3.42. The van der Waals surface area contributed by atoms with E-state index in [-0.39, 0.29) is 6.03 Å². The maximum absolute atomic E-state index is 12.0. The van der Waals surface area contributed by atoms with Gasteiger partial charge in [-0.1, -0.05) is 60.2 Å². The van der Waals surface area contributed by atoms with Gasteiger partial charge >= 0.3 is 6.03 Å². The zero-order valence-electron chi connectivity index (χ0n) is 14.4. The van der Waals surface area contributed by atoms with E-state index >= 15 is 0 Å². The lowest BCUT2D eigenvalue weighted by atomic mass is 10.1. The molecule has 0 unspecified atom stereocenters. The average molecular weight is 351 g/mol. The van der Waals surface area contributed by atoms with Crippen LogP contribution in [0.3, 0.4) is 0 Å². The first kappa shape index (κ1) is 17.2. The molecule has 128 valence electrons. The molecule has 1 heterocycles. The van der Waals surface area contributed by atoms with Crippen molar-refractivity contribution >= 4 is 17.4 Å². The normalized spacial score (nSPS) is 10.5. The number of urea groups is 1. The molecular formula is C20H21N3OS. The Hall–Kier alpha value is -2.66. The van der Waals surface area contributed by atoms with Gasteiger partial charge in [-0.15, -0.1) is 11.3 Å². The van der Waals surface area contributed by atoms with Crippen molar-refractivity contribution in [2.24, 2.45) is 0 Å². The number of aromatic nitrogens is 1. The Morgan fingerprint density at radius 2 is 1.64 bits per heavy atom. The molecule has 0 aliphatic rings. The summed E-state index contributed by atoms with van der Waals surface area (Å²) in [5.41, 5.74) is 4.36. The van der Waals surface area contributed by atoms with Crippen molar-refractivity contribution in [2.75, 3.05) is 0 Å². The molecule has 2 N–H and O–H groups in total. The molecule has 3 rings (SSSR count). The lowest BCUT2D eigenvalue weighted by Gasteiger charge is -2.07. The topological polar surface area (TPSA) is 54.0 Å². The van der Waals surface area contributed by atoms with Crippen LogP contribution in [0, 0.1) is 13.8 Å². The van der Waals surface area contributed by atoms with Gasteiger partial charge in [0.15, 0.2) is 0 Å². The third kappa shape index (κ3) is 4.67. The number of carbonyl (C=O) groups is 1. The lowest BCUT2D eigenvalue weighted by Crippen LogP contribution is -2.34. The van der Waals surface area contributed by atoms with Crippen LogP contribution in [0.5, 0.6) is 0 Å². The quantitative estimate of drug-likeness (QED) is 0.715. The van der Waals surface area contributed by atoms with Gasteiger partial charge in [-0.25, -0.2) is 9.78 Å². The van der Waals surface area contributed by atoms with E-state index in [9.17, 15) is 4.79 Å². The summed E-state index contributed by atoms with van der Waals surface area (Å²) >= 11 is 1.62. The van der Waals surface area contributed by atoms with Crippen molar-refractivity contribution in [2.45, 2.75) is 26.9 Å². The van der Waals surface area contributed by atoms with Gasteiger partial charge in [-0.05, 0) is 19.4 Å². The third-order valence-electron chi connectivity index (χ3n) is 3.90. The highest BCUT2D eigenvalue weighted by Crippen LogP contribution is 2.27. The van der Waals surface area contributed by atoms with Gasteiger partial charge in [-0.3, -0.25) is 0 Å². The number of thiazole rings is 1. The van der Waals surface area contributed by atoms with Crippen LogP contribution >= 0.6 is 11.3 Å². The van der Waals surface area contributed by atoms with Crippen LogP contribution in [0.4, 0.5) is 4.79 Å². The summed E-state index contributed by atoms with van der Waals surface area (Å²) in [6, 6.07) is 18.0. The molecule has 3 aromatic rings. The highest BCUT2D eigenvalue weighted by atomic mass is 32.1. The molecule has 0 radical (unpaired) electrons. The molecule has 4 nitrogen and oxygen atoms in total. The van der Waals surface area contributed by atoms with Crippen LogP contribution < -0.4 is 10.6 Å². The van der Waals surface area contributed by atoms with E-state index in [1.54, 1.807) is 11.3 Å². The lowest BCUT2D eigenvalue weighted by molar-refractivity contribution is 0.240. The number of amides is 2. The zero-order valence-corrected chi connectivity index (χ0v) is 15.2. The largest absolute Gasteiger partial charge is 0.334 e. The number of rotatable bonds is 5. The molecule has 1 aromatic heterocycles. The Morgan fingerprint density at radius 3 is 2.36 bits per heavy atom. The molecule has 0 saturated carbocycles. The molecule has 0 aliphatic heterocycles. The first-order valence-corrected chi connectivity index (χ1v) is 9.02. The maximum atomic E-state index is 12.0. The first-order chi connectivity index (χ1) is 12.1. The number of benzene rings is 2. The second kappa shape index (κ2) is 7.94. The number of carbonyl (C=O) groups excluding carboxylic acids is 1. The maximum Gasteiger partial charge on any atom is 0.315 e. The third-order valence-corrected chi connectivity index (χ3v) is 5.10. The van der Waals surface area contributed by atoms with Crippen molar-refractivity contribution in [3.63, 3.8) is 0 Å². The second-order valence-electron chi connectivity index (χ2n) is 5.92. The predicted molar refractivity (Wildman–Crippen MR) is 103 cm³/mol. The minimum atomic E-state index is -0.172. The van der Waals surface area contributed by atoms with Crippen molar-refractivity contribution in [1.82, 2.24) is 15.6 Å². The van der Waals surface area contributed by atoms with E-state index in [1.807, 2.05) is 68.4 Å². The van der Waals surface area contributed by atoms with Gasteiger partial charge in [0.25, 0.3) is 0 Å². The van der Waals surface area contributed by atoms with E-state index in [2.05, 4.69) is 15.6 Å². The van der Waals surface area contributed by atoms with E-state index < -0.39 is 0 Å². The van der Waals surface area contributed by atoms with Crippen LogP contribution in [0.15, 0.2) is 54.6 Å². The van der Waals surface area contributed by atoms with Crippen molar-refractivity contribution in [1.29, 1.82) is 0 Å². The zero-order chi connectivity index (χ0) is 17.6. The summed E-state index contributed by atoms with van der Waals surface area (Å²) in [6.07, 6.45) is 0. The van der Waals surface area contributed by atoms with Gasteiger partial charge in [0, 0.05) is 17.0 Å². The molecular weight excluding hydrogens is 330 g/mol. The Morgan fingerprint density at radius 1 is 0.960 bits per heavy atom. The summed E-state index contributed by atoms with van der Waals surface area (Å²) in [5, 5.41) is 6.77. The van der Waals surface area contributed by atoms with Crippen molar-refractivity contribution in [3.05, 3.63) is 76.3 Å². The average Bonchev–Trinajstić information content (AvgIpc) is 3.01. The molecule has 0 bridgehead atoms. The second-order valence-corrected chi connectivity index (χ2v) is 7.00. The van der Waals surface area contributed by atoms with Gasteiger partial charge in [-0.2, -0.15) is 0 Å². The van der Waals surface area contributed by atoms with Gasteiger partial charge < -0.3 is 10.6 Å². The summed E-state index contributed by atoms with van der Waals surface area (Å²) in [4.78, 5) is 17.7. The van der Waals surface area contributed by atoms with Gasteiger partial charge in [0.05, 0.1) is 12.2 Å². The van der Waals surface area contributed by atoms with E-state index in [4.69, 9.17) is 0 Å². The Labute approximate surface area is 151 Å². The van der Waals surface area contributed by atoms with E-state index in [0.29, 0.717) is 13.1 Å².